The lowest BCUT2D eigenvalue weighted by Crippen LogP contribution is -2.62. The lowest BCUT2D eigenvalue weighted by atomic mass is 9.98. The summed E-state index contributed by atoms with van der Waals surface area (Å²) in [6, 6.07) is 0.276. The van der Waals surface area contributed by atoms with Crippen LogP contribution in [0.3, 0.4) is 0 Å². The van der Waals surface area contributed by atoms with E-state index in [4.69, 9.17) is 11.5 Å². The molecule has 9 amide bonds. The SMILES string of the molecule is CC[C@H](C)[C@H](N)C(=O)N[C@H](C(=O)N[C@@H](CC(=O)O)C(=O)N[C@@H](CCC(N)=O)C(=O)N[C@H](C(=O)N1CCC[C@H]1C(=O)N[C@@H](Cc1ccccc1)C(=O)N[C@@H](CO)C(=O)N[C@@H](Cc1ccc(O)cc1)C(=O)O)C(C)C)[C@@H](C)O. The number of benzene rings is 2. The smallest absolute Gasteiger partial charge is 0.326 e. The Balaban J connectivity index is 1.83. The van der Waals surface area contributed by atoms with Gasteiger partial charge in [0.1, 0.15) is 54.1 Å². The number of carboxylic acid groups (broad SMARTS) is 2. The molecular formula is C50H72N10O16. The first-order valence-electron chi connectivity index (χ1n) is 24.8. The highest BCUT2D eigenvalue weighted by Crippen LogP contribution is 2.22. The molecule has 1 aliphatic heterocycles. The molecular weight excluding hydrogens is 997 g/mol. The summed E-state index contributed by atoms with van der Waals surface area (Å²) in [6.07, 6.45) is -3.08. The Kier molecular flexibility index (Phi) is 24.7. The molecule has 26 heteroatoms. The number of aromatic hydroxyl groups is 1. The number of carbonyl (C=O) groups is 11. The maximum absolute atomic E-state index is 14.4. The molecule has 11 atom stereocenters. The molecule has 0 aromatic heterocycles. The standard InChI is InChI=1S/C50H72N10O16/c1-6-26(4)39(52)47(72)59-41(27(5)62)48(73)55-33(23-38(65)66)44(69)53-31(18-19-37(51)64)42(67)58-40(25(2)3)49(74)60-20-10-13-36(60)46(71)54-32(21-28-11-8-7-9-12-28)43(68)57-35(24-61)45(70)56-34(50(75)76)22-29-14-16-30(63)17-15-29/h7-9,11-12,14-17,25-27,31-36,39-41,61-63H,6,10,13,18-24,52H2,1-5H3,(H2,51,64)(H,53,69)(H,54,71)(H,55,73)(H,56,70)(H,57,68)(H,58,67)(H,59,72)(H,65,66)(H,75,76)/t26-,27+,31-,32-,33-,34-,35-,36-,39-,40-,41-/m0/s1. The van der Waals surface area contributed by atoms with Gasteiger partial charge in [-0.15, -0.1) is 0 Å². The second-order valence-corrected chi connectivity index (χ2v) is 19.0. The number of aliphatic hydroxyl groups is 2. The van der Waals surface area contributed by atoms with Crippen LogP contribution in [-0.2, 0) is 65.6 Å². The number of nitrogens with zero attached hydrogens (tertiary/aromatic N) is 1. The van der Waals surface area contributed by atoms with Crippen LogP contribution in [0.2, 0.25) is 0 Å². The highest BCUT2D eigenvalue weighted by molar-refractivity contribution is 5.99. The van der Waals surface area contributed by atoms with Gasteiger partial charge in [0, 0.05) is 25.8 Å². The molecule has 0 radical (unpaired) electrons. The Morgan fingerprint density at radius 3 is 1.74 bits per heavy atom. The number of phenolic OH excluding ortho intramolecular Hbond substituents is 1. The zero-order chi connectivity index (χ0) is 57.0. The van der Waals surface area contributed by atoms with Gasteiger partial charge >= 0.3 is 11.9 Å². The second kappa shape index (κ2) is 30.0. The minimum atomic E-state index is -1.92. The third-order valence-corrected chi connectivity index (χ3v) is 12.7. The summed E-state index contributed by atoms with van der Waals surface area (Å²) in [5.74, 6) is -12.9. The van der Waals surface area contributed by atoms with Crippen molar-refractivity contribution in [2.45, 2.75) is 146 Å². The molecule has 0 aliphatic carbocycles. The summed E-state index contributed by atoms with van der Waals surface area (Å²) in [7, 11) is 0. The molecule has 0 bridgehead atoms. The van der Waals surface area contributed by atoms with Crippen molar-refractivity contribution < 1.29 is 78.3 Å². The molecule has 0 saturated carbocycles. The fourth-order valence-corrected chi connectivity index (χ4v) is 8.02. The summed E-state index contributed by atoms with van der Waals surface area (Å²) in [5, 5.41) is 66.3. The number of rotatable bonds is 30. The number of aliphatic carboxylic acids is 2. The molecule has 76 heavy (non-hydrogen) atoms. The molecule has 1 aliphatic rings. The lowest BCUT2D eigenvalue weighted by molar-refractivity contribution is -0.144. The molecule has 2 aromatic carbocycles. The van der Waals surface area contributed by atoms with Gasteiger partial charge in [-0.3, -0.25) is 47.9 Å². The molecule has 2 aromatic rings. The number of nitrogens with two attached hydrogens (primary N) is 2. The zero-order valence-electron chi connectivity index (χ0n) is 43.0. The quantitative estimate of drug-likeness (QED) is 0.0366. The van der Waals surface area contributed by atoms with E-state index in [0.29, 0.717) is 17.5 Å². The van der Waals surface area contributed by atoms with Crippen molar-refractivity contribution in [1.29, 1.82) is 0 Å². The third-order valence-electron chi connectivity index (χ3n) is 12.7. The van der Waals surface area contributed by atoms with E-state index >= 15 is 0 Å². The van der Waals surface area contributed by atoms with Crippen molar-refractivity contribution in [3.05, 3.63) is 65.7 Å². The first kappa shape index (κ1) is 62.6. The van der Waals surface area contributed by atoms with Gasteiger partial charge in [-0.1, -0.05) is 76.6 Å². The minimum absolute atomic E-state index is 0.00306. The summed E-state index contributed by atoms with van der Waals surface area (Å²) >= 11 is 0. The normalized spacial score (nSPS) is 17.1. The van der Waals surface area contributed by atoms with Gasteiger partial charge in [-0.25, -0.2) is 4.79 Å². The minimum Gasteiger partial charge on any atom is -0.508 e. The van der Waals surface area contributed by atoms with Gasteiger partial charge in [-0.05, 0) is 61.3 Å². The van der Waals surface area contributed by atoms with E-state index in [1.165, 1.54) is 29.2 Å². The highest BCUT2D eigenvalue weighted by Gasteiger charge is 2.42. The molecule has 0 spiro atoms. The van der Waals surface area contributed by atoms with Crippen molar-refractivity contribution in [2.75, 3.05) is 13.2 Å². The number of hydrogen-bond acceptors (Lipinski definition) is 15. The Bertz CT molecular complexity index is 2370. The Morgan fingerprint density at radius 2 is 1.18 bits per heavy atom. The second-order valence-electron chi connectivity index (χ2n) is 19.0. The van der Waals surface area contributed by atoms with E-state index in [1.807, 2.05) is 0 Å². The Hall–Kier alpha value is -7.71. The third kappa shape index (κ3) is 19.2. The predicted octanol–water partition coefficient (Wildman–Crippen LogP) is -3.21. The van der Waals surface area contributed by atoms with Gasteiger partial charge in [0.25, 0.3) is 0 Å². The van der Waals surface area contributed by atoms with Crippen molar-refractivity contribution in [3.8, 4) is 5.75 Å². The number of carbonyl (C=O) groups excluding carboxylic acids is 9. The Labute approximate surface area is 438 Å². The van der Waals surface area contributed by atoms with Gasteiger partial charge < -0.3 is 79.1 Å². The van der Waals surface area contributed by atoms with Crippen molar-refractivity contribution in [2.24, 2.45) is 23.3 Å². The molecule has 3 rings (SSSR count). The lowest BCUT2D eigenvalue weighted by Gasteiger charge is -2.32. The first-order valence-corrected chi connectivity index (χ1v) is 24.8. The Morgan fingerprint density at radius 1 is 0.658 bits per heavy atom. The van der Waals surface area contributed by atoms with Crippen LogP contribution >= 0.6 is 0 Å². The summed E-state index contributed by atoms with van der Waals surface area (Å²) in [4.78, 5) is 147. The van der Waals surface area contributed by atoms with Crippen molar-refractivity contribution in [1.82, 2.24) is 42.1 Å². The monoisotopic (exact) mass is 1070 g/mol. The fourth-order valence-electron chi connectivity index (χ4n) is 8.02. The molecule has 418 valence electrons. The van der Waals surface area contributed by atoms with Crippen LogP contribution in [0.4, 0.5) is 0 Å². The maximum atomic E-state index is 14.4. The maximum Gasteiger partial charge on any atom is 0.326 e. The van der Waals surface area contributed by atoms with Gasteiger partial charge in [0.05, 0.1) is 25.2 Å². The number of hydrogen-bond donors (Lipinski definition) is 14. The number of likely N-dealkylation sites (tertiary alicyclic amines) is 1. The van der Waals surface area contributed by atoms with E-state index in [-0.39, 0.29) is 43.9 Å². The van der Waals surface area contributed by atoms with E-state index in [0.717, 1.165) is 6.92 Å². The van der Waals surface area contributed by atoms with E-state index < -0.39 is 157 Å². The topological polar surface area (TPSA) is 428 Å². The largest absolute Gasteiger partial charge is 0.508 e. The van der Waals surface area contributed by atoms with E-state index in [2.05, 4.69) is 37.2 Å². The van der Waals surface area contributed by atoms with Crippen LogP contribution in [0, 0.1) is 11.8 Å². The predicted molar refractivity (Wildman–Crippen MR) is 270 cm³/mol. The van der Waals surface area contributed by atoms with Crippen LogP contribution in [0.15, 0.2) is 54.6 Å². The summed E-state index contributed by atoms with van der Waals surface area (Å²) in [6.45, 7) is 6.78. The average molecular weight is 1070 g/mol. The summed E-state index contributed by atoms with van der Waals surface area (Å²) in [5.41, 5.74) is 12.3. The first-order chi connectivity index (χ1) is 35.8. The van der Waals surface area contributed by atoms with Crippen molar-refractivity contribution >= 4 is 65.1 Å². The number of nitrogens with one attached hydrogen (secondary N) is 7. The van der Waals surface area contributed by atoms with Crippen LogP contribution in [0.25, 0.3) is 0 Å². The van der Waals surface area contributed by atoms with E-state index in [9.17, 15) is 78.3 Å². The molecule has 1 heterocycles. The number of aliphatic hydroxyl groups excluding tert-OH is 2. The van der Waals surface area contributed by atoms with Crippen LogP contribution < -0.4 is 48.7 Å². The van der Waals surface area contributed by atoms with Gasteiger partial charge in [0.15, 0.2) is 0 Å². The fraction of sp³-hybridized carbons (Fsp3) is 0.540. The molecule has 0 unspecified atom stereocenters. The van der Waals surface area contributed by atoms with Gasteiger partial charge in [-0.2, -0.15) is 0 Å². The highest BCUT2D eigenvalue weighted by atomic mass is 16.4. The van der Waals surface area contributed by atoms with Crippen molar-refractivity contribution in [3.63, 3.8) is 0 Å². The van der Waals surface area contributed by atoms with E-state index in [1.54, 1.807) is 58.0 Å². The van der Waals surface area contributed by atoms with Crippen LogP contribution in [0.5, 0.6) is 5.75 Å². The number of phenols is 1. The number of carboxylic acids is 2. The molecule has 1 saturated heterocycles. The zero-order valence-corrected chi connectivity index (χ0v) is 43.0. The average Bonchev–Trinajstić information content (AvgIpc) is 3.87. The van der Waals surface area contributed by atoms with Crippen LogP contribution in [-0.4, -0.2) is 169 Å². The van der Waals surface area contributed by atoms with Crippen LogP contribution in [0.1, 0.15) is 84.3 Å². The number of amides is 9. The number of primary amides is 1. The van der Waals surface area contributed by atoms with Gasteiger partial charge in [0.2, 0.25) is 53.2 Å². The molecule has 16 N–H and O–H groups in total. The molecule has 1 fully saturated rings. The summed E-state index contributed by atoms with van der Waals surface area (Å²) < 4.78 is 0. The molecule has 26 nitrogen and oxygen atoms in total.